The Bertz CT molecular complexity index is 260. The number of carbonyl (C=O) groups excluding carboxylic acids is 1. The summed E-state index contributed by atoms with van der Waals surface area (Å²) in [4.78, 5) is 22.5. The molecule has 1 atom stereocenters. The molecule has 0 spiro atoms. The molecule has 0 amide bonds. The van der Waals surface area contributed by atoms with Crippen molar-refractivity contribution in [3.05, 3.63) is 0 Å². The molecule has 0 saturated carbocycles. The first kappa shape index (κ1) is 13.9. The highest BCUT2D eigenvalue weighted by atomic mass is 16.6. The van der Waals surface area contributed by atoms with E-state index in [9.17, 15) is 9.59 Å². The monoisotopic (exact) mass is 216 g/mol. The first-order chi connectivity index (χ1) is 6.48. The Morgan fingerprint density at radius 3 is 1.80 bits per heavy atom. The molecule has 1 N–H and O–H groups in total. The third kappa shape index (κ3) is 3.90. The zero-order chi connectivity index (χ0) is 12.4. The highest BCUT2D eigenvalue weighted by molar-refractivity contribution is 5.83. The van der Waals surface area contributed by atoms with Gasteiger partial charge in [-0.3, -0.25) is 9.59 Å². The predicted octanol–water partition coefficient (Wildman–Crippen LogP) is 2.07. The summed E-state index contributed by atoms with van der Waals surface area (Å²) in [5.41, 5.74) is -1.69. The maximum absolute atomic E-state index is 11.6. The molecule has 0 aromatic carbocycles. The van der Waals surface area contributed by atoms with E-state index in [0.717, 1.165) is 0 Å². The van der Waals surface area contributed by atoms with Crippen molar-refractivity contribution in [2.45, 2.75) is 47.1 Å². The van der Waals surface area contributed by atoms with Gasteiger partial charge in [0.15, 0.2) is 0 Å². The molecule has 0 aliphatic carbocycles. The van der Waals surface area contributed by atoms with Gasteiger partial charge >= 0.3 is 11.9 Å². The van der Waals surface area contributed by atoms with E-state index < -0.39 is 28.9 Å². The summed E-state index contributed by atoms with van der Waals surface area (Å²) in [5.74, 6) is -2.15. The lowest BCUT2D eigenvalue weighted by molar-refractivity contribution is -0.170. The molecule has 0 fully saturated rings. The quantitative estimate of drug-likeness (QED) is 0.733. The molecule has 0 rings (SSSR count). The molecule has 0 radical (unpaired) electrons. The molecule has 0 aromatic rings. The molecule has 0 aliphatic heterocycles. The Morgan fingerprint density at radius 1 is 1.13 bits per heavy atom. The summed E-state index contributed by atoms with van der Waals surface area (Å²) >= 11 is 0. The van der Waals surface area contributed by atoms with E-state index in [1.807, 2.05) is 0 Å². The molecule has 4 nitrogen and oxygen atoms in total. The van der Waals surface area contributed by atoms with Crippen LogP contribution in [0.4, 0.5) is 0 Å². The SMILES string of the molecule is CC(C(=O)OC(C)(C)C)C(C)(C)C(=O)O. The largest absolute Gasteiger partial charge is 0.481 e. The van der Waals surface area contributed by atoms with Crippen molar-refractivity contribution in [3.63, 3.8) is 0 Å². The fraction of sp³-hybridized carbons (Fsp3) is 0.818. The normalized spacial score (nSPS) is 14.5. The lowest BCUT2D eigenvalue weighted by Gasteiger charge is -2.29. The van der Waals surface area contributed by atoms with Crippen LogP contribution in [0.25, 0.3) is 0 Å². The molecule has 0 heterocycles. The maximum atomic E-state index is 11.6. The molecule has 0 bridgehead atoms. The summed E-state index contributed by atoms with van der Waals surface area (Å²) in [6.45, 7) is 9.87. The Morgan fingerprint density at radius 2 is 1.53 bits per heavy atom. The Kier molecular flexibility index (Phi) is 3.91. The third-order valence-electron chi connectivity index (χ3n) is 2.39. The van der Waals surface area contributed by atoms with Gasteiger partial charge in [-0.05, 0) is 34.6 Å². The minimum Gasteiger partial charge on any atom is -0.481 e. The fourth-order valence-electron chi connectivity index (χ4n) is 0.870. The zero-order valence-electron chi connectivity index (χ0n) is 10.2. The number of hydrogen-bond donors (Lipinski definition) is 1. The van der Waals surface area contributed by atoms with Crippen LogP contribution in [0.5, 0.6) is 0 Å². The molecule has 0 aromatic heterocycles. The topological polar surface area (TPSA) is 63.6 Å². The number of carbonyl (C=O) groups is 2. The van der Waals surface area contributed by atoms with Crippen molar-refractivity contribution in [2.75, 3.05) is 0 Å². The van der Waals surface area contributed by atoms with Crippen LogP contribution in [0.2, 0.25) is 0 Å². The second kappa shape index (κ2) is 4.21. The van der Waals surface area contributed by atoms with Gasteiger partial charge in [-0.25, -0.2) is 0 Å². The zero-order valence-corrected chi connectivity index (χ0v) is 10.2. The van der Waals surface area contributed by atoms with E-state index >= 15 is 0 Å². The molecule has 88 valence electrons. The van der Waals surface area contributed by atoms with Crippen molar-refractivity contribution < 1.29 is 19.4 Å². The summed E-state index contributed by atoms with van der Waals surface area (Å²) < 4.78 is 5.13. The predicted molar refractivity (Wildman–Crippen MR) is 56.4 cm³/mol. The van der Waals surface area contributed by atoms with Crippen LogP contribution in [0, 0.1) is 11.3 Å². The van der Waals surface area contributed by atoms with E-state index in [2.05, 4.69) is 0 Å². The van der Waals surface area contributed by atoms with Gasteiger partial charge in [-0.2, -0.15) is 0 Å². The number of esters is 1. The van der Waals surface area contributed by atoms with Gasteiger partial charge < -0.3 is 9.84 Å². The summed E-state index contributed by atoms with van der Waals surface area (Å²) in [6.07, 6.45) is 0. The Hall–Kier alpha value is -1.06. The van der Waals surface area contributed by atoms with Gasteiger partial charge in [0, 0.05) is 0 Å². The van der Waals surface area contributed by atoms with Crippen molar-refractivity contribution >= 4 is 11.9 Å². The van der Waals surface area contributed by atoms with E-state index in [1.54, 1.807) is 27.7 Å². The van der Waals surface area contributed by atoms with Crippen molar-refractivity contribution in [3.8, 4) is 0 Å². The molecule has 0 saturated heterocycles. The van der Waals surface area contributed by atoms with Crippen LogP contribution in [-0.4, -0.2) is 22.6 Å². The Labute approximate surface area is 90.6 Å². The number of aliphatic carboxylic acids is 1. The van der Waals surface area contributed by atoms with Gasteiger partial charge in [-0.1, -0.05) is 6.92 Å². The molecule has 0 aliphatic rings. The molecular weight excluding hydrogens is 196 g/mol. The van der Waals surface area contributed by atoms with Crippen LogP contribution < -0.4 is 0 Å². The first-order valence-electron chi connectivity index (χ1n) is 4.94. The van der Waals surface area contributed by atoms with Crippen molar-refractivity contribution in [2.24, 2.45) is 11.3 Å². The third-order valence-corrected chi connectivity index (χ3v) is 2.39. The lowest BCUT2D eigenvalue weighted by Crippen LogP contribution is -2.39. The van der Waals surface area contributed by atoms with E-state index in [4.69, 9.17) is 9.84 Å². The minimum atomic E-state index is -1.11. The van der Waals surface area contributed by atoms with E-state index in [0.29, 0.717) is 0 Å². The van der Waals surface area contributed by atoms with Gasteiger partial charge in [0.25, 0.3) is 0 Å². The fourth-order valence-corrected chi connectivity index (χ4v) is 0.870. The highest BCUT2D eigenvalue weighted by Gasteiger charge is 2.40. The van der Waals surface area contributed by atoms with Gasteiger partial charge in [0.1, 0.15) is 5.60 Å². The van der Waals surface area contributed by atoms with E-state index in [1.165, 1.54) is 13.8 Å². The van der Waals surface area contributed by atoms with Crippen molar-refractivity contribution in [1.82, 2.24) is 0 Å². The van der Waals surface area contributed by atoms with Gasteiger partial charge in [-0.15, -0.1) is 0 Å². The van der Waals surface area contributed by atoms with Crippen LogP contribution in [0.15, 0.2) is 0 Å². The van der Waals surface area contributed by atoms with Crippen LogP contribution in [-0.2, 0) is 14.3 Å². The lowest BCUT2D eigenvalue weighted by atomic mass is 9.80. The molecule has 1 unspecified atom stereocenters. The van der Waals surface area contributed by atoms with Crippen LogP contribution >= 0.6 is 0 Å². The maximum Gasteiger partial charge on any atom is 0.310 e. The molecule has 4 heteroatoms. The van der Waals surface area contributed by atoms with Gasteiger partial charge in [0.05, 0.1) is 11.3 Å². The smallest absolute Gasteiger partial charge is 0.310 e. The Balaban J connectivity index is 4.66. The van der Waals surface area contributed by atoms with Crippen LogP contribution in [0.1, 0.15) is 41.5 Å². The summed E-state index contributed by atoms with van der Waals surface area (Å²) in [7, 11) is 0. The average molecular weight is 216 g/mol. The number of rotatable bonds is 3. The molecule has 15 heavy (non-hydrogen) atoms. The highest BCUT2D eigenvalue weighted by Crippen LogP contribution is 2.29. The second-order valence-electron chi connectivity index (χ2n) is 5.28. The minimum absolute atomic E-state index is 0.477. The summed E-state index contributed by atoms with van der Waals surface area (Å²) in [5, 5.41) is 8.95. The van der Waals surface area contributed by atoms with E-state index in [-0.39, 0.29) is 0 Å². The number of hydrogen-bond acceptors (Lipinski definition) is 3. The summed E-state index contributed by atoms with van der Waals surface area (Å²) in [6, 6.07) is 0. The van der Waals surface area contributed by atoms with Gasteiger partial charge in [0.2, 0.25) is 0 Å². The number of carboxylic acids is 1. The average Bonchev–Trinajstić information content (AvgIpc) is 1.99. The molecular formula is C11H20O4. The first-order valence-corrected chi connectivity index (χ1v) is 4.94. The van der Waals surface area contributed by atoms with Crippen molar-refractivity contribution in [1.29, 1.82) is 0 Å². The number of ether oxygens (including phenoxy) is 1. The van der Waals surface area contributed by atoms with Crippen LogP contribution in [0.3, 0.4) is 0 Å². The standard InChI is InChI=1S/C11H20O4/c1-7(11(5,6)9(13)14)8(12)15-10(2,3)4/h7H,1-6H3,(H,13,14). The number of carboxylic acid groups (broad SMARTS) is 1. The second-order valence-corrected chi connectivity index (χ2v) is 5.28.